The van der Waals surface area contributed by atoms with Crippen LogP contribution in [-0.4, -0.2) is 60.5 Å². The molecule has 59 heavy (non-hydrogen) atoms. The Kier molecular flexibility index (Phi) is 39.9. The molecule has 0 saturated heterocycles. The highest BCUT2D eigenvalue weighted by molar-refractivity contribution is 7.47. The van der Waals surface area contributed by atoms with E-state index in [1.165, 1.54) is 0 Å². The summed E-state index contributed by atoms with van der Waals surface area (Å²) in [5.41, 5.74) is 5.35. The predicted octanol–water partition coefficient (Wildman–Crippen LogP) is 12.1. The smallest absolute Gasteiger partial charge is 0.472 e. The SMILES string of the molecule is CC/C=C\C/C=C\C/C=C\C/C=C\C/C=C\CCCCCCOCC(COP(=O)(O)OCC(N)C(=O)O)OC(=O)CCC/C=C\C/C=C\C/C=C\C/C=C\C/C=C\CC. The Morgan fingerprint density at radius 3 is 1.37 bits per heavy atom. The van der Waals surface area contributed by atoms with Crippen LogP contribution < -0.4 is 5.73 Å². The van der Waals surface area contributed by atoms with Gasteiger partial charge in [0.25, 0.3) is 0 Å². The lowest BCUT2D eigenvalue weighted by molar-refractivity contribution is -0.154. The Hall–Kier alpha value is -3.63. The third kappa shape index (κ3) is 42.3. The Balaban J connectivity index is 4.43. The number of carboxylic acids is 1. The zero-order valence-corrected chi connectivity index (χ0v) is 36.9. The molecule has 0 amide bonds. The van der Waals surface area contributed by atoms with E-state index in [1.54, 1.807) is 0 Å². The number of esters is 1. The second-order valence-electron chi connectivity index (χ2n) is 13.7. The van der Waals surface area contributed by atoms with E-state index in [0.717, 1.165) is 96.3 Å². The molecular formula is C48H76NO9P. The summed E-state index contributed by atoms with van der Waals surface area (Å²) in [6.07, 6.45) is 58.3. The van der Waals surface area contributed by atoms with Crippen LogP contribution >= 0.6 is 7.82 Å². The highest BCUT2D eigenvalue weighted by Crippen LogP contribution is 2.43. The summed E-state index contributed by atoms with van der Waals surface area (Å²) in [7, 11) is -4.65. The zero-order valence-electron chi connectivity index (χ0n) is 36.0. The number of unbranched alkanes of at least 4 members (excludes halogenated alkanes) is 5. The molecule has 3 atom stereocenters. The number of nitrogens with two attached hydrogens (primary N) is 1. The normalized spacial score (nSPS) is 15.1. The van der Waals surface area contributed by atoms with Crippen molar-refractivity contribution in [2.24, 2.45) is 5.73 Å². The molecule has 0 fully saturated rings. The highest BCUT2D eigenvalue weighted by Gasteiger charge is 2.27. The minimum atomic E-state index is -4.65. The number of hydrogen-bond acceptors (Lipinski definition) is 8. The molecule has 0 aromatic heterocycles. The fourth-order valence-electron chi connectivity index (χ4n) is 4.96. The van der Waals surface area contributed by atoms with E-state index in [4.69, 9.17) is 29.4 Å². The quantitative estimate of drug-likeness (QED) is 0.0236. The van der Waals surface area contributed by atoms with Crippen molar-refractivity contribution in [1.82, 2.24) is 0 Å². The molecule has 0 radical (unpaired) electrons. The number of aliphatic carboxylic acids is 1. The molecule has 0 aromatic carbocycles. The maximum absolute atomic E-state index is 12.6. The molecule has 0 bridgehead atoms. The van der Waals surface area contributed by atoms with Crippen molar-refractivity contribution in [3.05, 3.63) is 122 Å². The number of allylic oxidation sites excluding steroid dienone is 20. The summed E-state index contributed by atoms with van der Waals surface area (Å²) in [6, 6.07) is -1.49. The van der Waals surface area contributed by atoms with Crippen LogP contribution in [0.5, 0.6) is 0 Å². The Morgan fingerprint density at radius 1 is 0.542 bits per heavy atom. The summed E-state index contributed by atoms with van der Waals surface area (Å²) < 4.78 is 33.3. The van der Waals surface area contributed by atoms with E-state index in [2.05, 4.69) is 129 Å². The molecule has 4 N–H and O–H groups in total. The molecule has 0 aliphatic carbocycles. The minimum absolute atomic E-state index is 0.0326. The molecule has 0 aliphatic rings. The van der Waals surface area contributed by atoms with Crippen LogP contribution in [0.4, 0.5) is 0 Å². The average Bonchev–Trinajstić information content (AvgIpc) is 3.21. The summed E-state index contributed by atoms with van der Waals surface area (Å²) >= 11 is 0. The number of rotatable bonds is 39. The Bertz CT molecular complexity index is 1390. The number of carboxylic acid groups (broad SMARTS) is 1. The van der Waals surface area contributed by atoms with Crippen LogP contribution in [0.15, 0.2) is 122 Å². The van der Waals surface area contributed by atoms with E-state index in [-0.39, 0.29) is 13.0 Å². The topological polar surface area (TPSA) is 155 Å². The van der Waals surface area contributed by atoms with Crippen LogP contribution in [0.2, 0.25) is 0 Å². The van der Waals surface area contributed by atoms with Crippen LogP contribution in [0.25, 0.3) is 0 Å². The fraction of sp³-hybridized carbons (Fsp3) is 0.542. The van der Waals surface area contributed by atoms with Gasteiger partial charge < -0.3 is 25.2 Å². The maximum Gasteiger partial charge on any atom is 0.472 e. The number of phosphoric ester groups is 1. The maximum atomic E-state index is 12.6. The third-order valence-corrected chi connectivity index (χ3v) is 9.19. The molecule has 0 rings (SSSR count). The lowest BCUT2D eigenvalue weighted by Crippen LogP contribution is -2.34. The van der Waals surface area contributed by atoms with Crippen LogP contribution in [-0.2, 0) is 32.7 Å². The molecule has 3 unspecified atom stereocenters. The number of ether oxygens (including phenoxy) is 2. The largest absolute Gasteiger partial charge is 0.480 e. The van der Waals surface area contributed by atoms with Gasteiger partial charge in [-0.05, 0) is 96.3 Å². The van der Waals surface area contributed by atoms with E-state index < -0.39 is 45.1 Å². The summed E-state index contributed by atoms with van der Waals surface area (Å²) in [5.74, 6) is -1.87. The van der Waals surface area contributed by atoms with Gasteiger partial charge in [0.15, 0.2) is 0 Å². The molecule has 0 spiro atoms. The van der Waals surface area contributed by atoms with Gasteiger partial charge in [-0.2, -0.15) is 0 Å². The third-order valence-electron chi connectivity index (χ3n) is 8.24. The molecule has 332 valence electrons. The van der Waals surface area contributed by atoms with Crippen molar-refractivity contribution < 1.29 is 42.7 Å². The number of carbonyl (C=O) groups is 2. The van der Waals surface area contributed by atoms with Gasteiger partial charge in [-0.25, -0.2) is 4.57 Å². The van der Waals surface area contributed by atoms with Crippen molar-refractivity contribution in [2.75, 3.05) is 26.4 Å². The van der Waals surface area contributed by atoms with Gasteiger partial charge in [-0.15, -0.1) is 0 Å². The lowest BCUT2D eigenvalue weighted by atomic mass is 10.1. The van der Waals surface area contributed by atoms with Crippen LogP contribution in [0.1, 0.15) is 129 Å². The molecule has 0 aliphatic heterocycles. The van der Waals surface area contributed by atoms with Crippen molar-refractivity contribution >= 4 is 19.8 Å². The van der Waals surface area contributed by atoms with Gasteiger partial charge in [-0.1, -0.05) is 148 Å². The van der Waals surface area contributed by atoms with Gasteiger partial charge in [-0.3, -0.25) is 18.6 Å². The first-order chi connectivity index (χ1) is 28.7. The van der Waals surface area contributed by atoms with Gasteiger partial charge in [0, 0.05) is 13.0 Å². The van der Waals surface area contributed by atoms with Gasteiger partial charge in [0.1, 0.15) is 12.1 Å². The minimum Gasteiger partial charge on any atom is -0.480 e. The summed E-state index contributed by atoms with van der Waals surface area (Å²) in [5, 5.41) is 8.90. The molecule has 0 heterocycles. The van der Waals surface area contributed by atoms with Crippen molar-refractivity contribution in [3.8, 4) is 0 Å². The van der Waals surface area contributed by atoms with Gasteiger partial charge in [0.05, 0.1) is 19.8 Å². The molecule has 0 saturated carbocycles. The number of carbonyl (C=O) groups excluding carboxylic acids is 1. The predicted molar refractivity (Wildman–Crippen MR) is 244 cm³/mol. The average molecular weight is 842 g/mol. The monoisotopic (exact) mass is 842 g/mol. The Morgan fingerprint density at radius 2 is 0.932 bits per heavy atom. The fourth-order valence-corrected chi connectivity index (χ4v) is 5.74. The van der Waals surface area contributed by atoms with E-state index in [9.17, 15) is 19.0 Å². The highest BCUT2D eigenvalue weighted by atomic mass is 31.2. The summed E-state index contributed by atoms with van der Waals surface area (Å²) in [6.45, 7) is 3.48. The first kappa shape index (κ1) is 55.4. The van der Waals surface area contributed by atoms with Crippen LogP contribution in [0.3, 0.4) is 0 Å². The molecule has 10 nitrogen and oxygen atoms in total. The van der Waals surface area contributed by atoms with Gasteiger partial charge >= 0.3 is 19.8 Å². The van der Waals surface area contributed by atoms with Crippen LogP contribution in [0, 0.1) is 0 Å². The standard InChI is InChI=1S/C48H76NO9P/c1-3-5-7-9-11-13-15-17-19-21-22-23-25-27-29-31-33-35-37-39-41-55-42-45(43-56-59(53,54)57-44-46(49)48(51)52)58-47(50)40-38-36-34-32-30-28-26-24-20-18-16-14-12-10-8-6-4-2/h5-8,11-14,17-20,22-23,26-29,32,34,45-46H,3-4,9-10,15-16,21,24-25,30-31,33,35-44,49H2,1-2H3,(H,51,52)(H,53,54)/b7-5-,8-6-,13-11-,14-12-,19-17-,20-18-,23-22-,28-26-,29-27-,34-32-. The second-order valence-corrected chi connectivity index (χ2v) is 15.2. The first-order valence-corrected chi connectivity index (χ1v) is 23.1. The number of phosphoric acid groups is 1. The van der Waals surface area contributed by atoms with Crippen molar-refractivity contribution in [2.45, 2.75) is 142 Å². The van der Waals surface area contributed by atoms with E-state index >= 15 is 0 Å². The molecular weight excluding hydrogens is 765 g/mol. The van der Waals surface area contributed by atoms with E-state index in [0.29, 0.717) is 19.4 Å². The van der Waals surface area contributed by atoms with E-state index in [1.807, 2.05) is 6.08 Å². The molecule has 11 heteroatoms. The van der Waals surface area contributed by atoms with Crippen molar-refractivity contribution in [1.29, 1.82) is 0 Å². The van der Waals surface area contributed by atoms with Gasteiger partial charge in [0.2, 0.25) is 0 Å². The number of hydrogen-bond donors (Lipinski definition) is 3. The second kappa shape index (κ2) is 42.5. The molecule has 0 aromatic rings. The Labute approximate surface area is 356 Å². The lowest BCUT2D eigenvalue weighted by Gasteiger charge is -2.20. The zero-order chi connectivity index (χ0) is 43.3. The first-order valence-electron chi connectivity index (χ1n) is 21.6. The summed E-state index contributed by atoms with van der Waals surface area (Å²) in [4.78, 5) is 33.5. The van der Waals surface area contributed by atoms with Crippen molar-refractivity contribution in [3.63, 3.8) is 0 Å².